The molecule has 4 heteroatoms. The number of aromatic nitrogens is 1. The van der Waals surface area contributed by atoms with Gasteiger partial charge in [-0.25, -0.2) is 4.98 Å². The van der Waals surface area contributed by atoms with Crippen LogP contribution in [0.5, 0.6) is 5.75 Å². The zero-order valence-corrected chi connectivity index (χ0v) is 12.0. The highest BCUT2D eigenvalue weighted by Gasteiger charge is 2.21. The van der Waals surface area contributed by atoms with Crippen LogP contribution in [0.15, 0.2) is 24.3 Å². The van der Waals surface area contributed by atoms with Crippen LogP contribution in [0.4, 0.5) is 0 Å². The minimum Gasteiger partial charge on any atom is -0.497 e. The topological polar surface area (TPSA) is 48.1 Å². The normalized spacial score (nSPS) is 11.6. The van der Waals surface area contributed by atoms with Crippen molar-refractivity contribution in [1.82, 2.24) is 4.98 Å². The van der Waals surface area contributed by atoms with E-state index in [0.717, 1.165) is 26.9 Å². The van der Waals surface area contributed by atoms with Gasteiger partial charge in [0.25, 0.3) is 0 Å². The number of rotatable bonds is 3. The van der Waals surface area contributed by atoms with Crippen molar-refractivity contribution in [3.63, 3.8) is 0 Å². The molecule has 0 atom stereocenters. The Morgan fingerprint density at radius 3 is 2.61 bits per heavy atom. The van der Waals surface area contributed by atoms with E-state index in [4.69, 9.17) is 10.5 Å². The highest BCUT2D eigenvalue weighted by molar-refractivity contribution is 7.15. The van der Waals surface area contributed by atoms with Gasteiger partial charge in [0.05, 0.1) is 12.8 Å². The summed E-state index contributed by atoms with van der Waals surface area (Å²) in [6.07, 6.45) is 0. The summed E-state index contributed by atoms with van der Waals surface area (Å²) < 4.78 is 5.23. The van der Waals surface area contributed by atoms with Gasteiger partial charge in [-0.15, -0.1) is 11.3 Å². The van der Waals surface area contributed by atoms with Crippen LogP contribution in [0.25, 0.3) is 10.6 Å². The third-order valence-electron chi connectivity index (χ3n) is 2.70. The minimum atomic E-state index is -0.348. The number of hydrogen-bond acceptors (Lipinski definition) is 4. The van der Waals surface area contributed by atoms with Crippen molar-refractivity contribution in [3.05, 3.63) is 34.8 Å². The molecule has 0 aliphatic carbocycles. The zero-order chi connectivity index (χ0) is 13.3. The molecule has 0 radical (unpaired) electrons. The van der Waals surface area contributed by atoms with Crippen molar-refractivity contribution in [2.45, 2.75) is 26.3 Å². The quantitative estimate of drug-likeness (QED) is 0.923. The second kappa shape index (κ2) is 4.71. The first kappa shape index (κ1) is 13.1. The lowest BCUT2D eigenvalue weighted by molar-refractivity contribution is 0.415. The molecule has 0 saturated carbocycles. The molecule has 0 aliphatic heterocycles. The molecule has 0 saturated heterocycles. The minimum absolute atomic E-state index is 0.348. The summed E-state index contributed by atoms with van der Waals surface area (Å²) in [7, 11) is 1.67. The number of thiazole rings is 1. The Hall–Kier alpha value is -1.39. The van der Waals surface area contributed by atoms with Crippen LogP contribution >= 0.6 is 11.3 Å². The maximum absolute atomic E-state index is 6.15. The number of ether oxygens (including phenoxy) is 1. The Labute approximate surface area is 112 Å². The summed E-state index contributed by atoms with van der Waals surface area (Å²) in [6.45, 7) is 6.01. The van der Waals surface area contributed by atoms with E-state index in [9.17, 15) is 0 Å². The summed E-state index contributed by atoms with van der Waals surface area (Å²) in [5, 5.41) is 0.986. The number of methoxy groups -OCH3 is 1. The molecule has 3 nitrogen and oxygen atoms in total. The Balaban J connectivity index is 2.46. The van der Waals surface area contributed by atoms with Crippen LogP contribution in [-0.4, -0.2) is 12.1 Å². The first-order valence-corrected chi connectivity index (χ1v) is 6.64. The van der Waals surface area contributed by atoms with E-state index in [0.29, 0.717) is 0 Å². The average molecular weight is 262 g/mol. The fraction of sp³-hybridized carbons (Fsp3) is 0.357. The van der Waals surface area contributed by atoms with Gasteiger partial charge >= 0.3 is 0 Å². The zero-order valence-electron chi connectivity index (χ0n) is 11.2. The molecule has 96 valence electrons. The van der Waals surface area contributed by atoms with Gasteiger partial charge in [0.15, 0.2) is 0 Å². The van der Waals surface area contributed by atoms with Crippen molar-refractivity contribution in [3.8, 4) is 16.3 Å². The molecule has 1 aromatic carbocycles. The van der Waals surface area contributed by atoms with Crippen molar-refractivity contribution in [1.29, 1.82) is 0 Å². The molecule has 0 bridgehead atoms. The van der Waals surface area contributed by atoms with E-state index < -0.39 is 0 Å². The molecule has 1 aromatic heterocycles. The van der Waals surface area contributed by atoms with Gasteiger partial charge in [-0.1, -0.05) is 12.1 Å². The predicted octanol–water partition coefficient (Wildman–Crippen LogP) is 3.32. The Morgan fingerprint density at radius 2 is 2.06 bits per heavy atom. The van der Waals surface area contributed by atoms with E-state index in [1.807, 2.05) is 45.0 Å². The third-order valence-corrected chi connectivity index (χ3v) is 4.24. The molecule has 2 rings (SSSR count). The molecule has 2 aromatic rings. The highest BCUT2D eigenvalue weighted by Crippen LogP contribution is 2.34. The number of nitrogens with two attached hydrogens (primary N) is 1. The van der Waals surface area contributed by atoms with Crippen molar-refractivity contribution < 1.29 is 4.74 Å². The summed E-state index contributed by atoms with van der Waals surface area (Å²) in [6, 6.07) is 7.93. The Morgan fingerprint density at radius 1 is 1.33 bits per heavy atom. The first-order chi connectivity index (χ1) is 8.41. The average Bonchev–Trinajstić information content (AvgIpc) is 2.71. The maximum atomic E-state index is 6.15. The SMILES string of the molecule is COc1cccc(-c2nc(C)c(C(C)(C)N)s2)c1. The van der Waals surface area contributed by atoms with Crippen molar-refractivity contribution in [2.24, 2.45) is 5.73 Å². The molecular weight excluding hydrogens is 244 g/mol. The molecule has 2 N–H and O–H groups in total. The molecule has 1 heterocycles. The fourth-order valence-electron chi connectivity index (χ4n) is 1.87. The van der Waals surface area contributed by atoms with Gasteiger partial charge in [-0.2, -0.15) is 0 Å². The van der Waals surface area contributed by atoms with Crippen molar-refractivity contribution in [2.75, 3.05) is 7.11 Å². The lowest BCUT2D eigenvalue weighted by Crippen LogP contribution is -2.28. The van der Waals surface area contributed by atoms with Gasteiger partial charge < -0.3 is 10.5 Å². The molecule has 0 unspecified atom stereocenters. The number of aryl methyl sites for hydroxylation is 1. The van der Waals surface area contributed by atoms with Gasteiger partial charge in [0.2, 0.25) is 0 Å². The standard InChI is InChI=1S/C14H18N2OS/c1-9-12(14(2,3)15)18-13(16-9)10-6-5-7-11(8-10)17-4/h5-8H,15H2,1-4H3. The van der Waals surface area contributed by atoms with Gasteiger partial charge in [0.1, 0.15) is 10.8 Å². The molecule has 0 spiro atoms. The lowest BCUT2D eigenvalue weighted by atomic mass is 10.0. The maximum Gasteiger partial charge on any atom is 0.124 e. The van der Waals surface area contributed by atoms with E-state index in [1.165, 1.54) is 0 Å². The van der Waals surface area contributed by atoms with E-state index in [2.05, 4.69) is 4.98 Å². The van der Waals surface area contributed by atoms with Crippen LogP contribution in [0.3, 0.4) is 0 Å². The highest BCUT2D eigenvalue weighted by atomic mass is 32.1. The second-order valence-corrected chi connectivity index (χ2v) is 5.89. The Kier molecular flexibility index (Phi) is 3.41. The van der Waals surface area contributed by atoms with E-state index in [-0.39, 0.29) is 5.54 Å². The first-order valence-electron chi connectivity index (χ1n) is 5.83. The van der Waals surface area contributed by atoms with Crippen LogP contribution in [0, 0.1) is 6.92 Å². The third kappa shape index (κ3) is 2.54. The molecule has 0 fully saturated rings. The van der Waals surface area contributed by atoms with Crippen molar-refractivity contribution >= 4 is 11.3 Å². The van der Waals surface area contributed by atoms with E-state index in [1.54, 1.807) is 18.4 Å². The summed E-state index contributed by atoms with van der Waals surface area (Å²) in [4.78, 5) is 5.73. The number of hydrogen-bond donors (Lipinski definition) is 1. The smallest absolute Gasteiger partial charge is 0.124 e. The summed E-state index contributed by atoms with van der Waals surface area (Å²) >= 11 is 1.65. The summed E-state index contributed by atoms with van der Waals surface area (Å²) in [5.74, 6) is 0.842. The van der Waals surface area contributed by atoms with Crippen LogP contribution in [0.1, 0.15) is 24.4 Å². The summed E-state index contributed by atoms with van der Waals surface area (Å²) in [5.41, 5.74) is 7.87. The Bertz CT molecular complexity index is 555. The lowest BCUT2D eigenvalue weighted by Gasteiger charge is -2.16. The number of benzene rings is 1. The monoisotopic (exact) mass is 262 g/mol. The fourth-order valence-corrected chi connectivity index (χ4v) is 2.95. The molecule has 0 aliphatic rings. The van der Waals surface area contributed by atoms with Crippen LogP contribution in [0.2, 0.25) is 0 Å². The van der Waals surface area contributed by atoms with Gasteiger partial charge in [-0.3, -0.25) is 0 Å². The second-order valence-electron chi connectivity index (χ2n) is 4.89. The number of nitrogens with zero attached hydrogens (tertiary/aromatic N) is 1. The van der Waals surface area contributed by atoms with Crippen LogP contribution < -0.4 is 10.5 Å². The van der Waals surface area contributed by atoms with Crippen LogP contribution in [-0.2, 0) is 5.54 Å². The molecular formula is C14H18N2OS. The van der Waals surface area contributed by atoms with E-state index >= 15 is 0 Å². The molecule has 0 amide bonds. The van der Waals surface area contributed by atoms with Gasteiger partial charge in [0, 0.05) is 16.0 Å². The molecule has 18 heavy (non-hydrogen) atoms. The largest absolute Gasteiger partial charge is 0.497 e. The van der Waals surface area contributed by atoms with Gasteiger partial charge in [-0.05, 0) is 32.9 Å². The predicted molar refractivity (Wildman–Crippen MR) is 76.1 cm³/mol.